The summed E-state index contributed by atoms with van der Waals surface area (Å²) >= 11 is 1.96. The third kappa shape index (κ3) is 7.34. The molecule has 216 valence electrons. The van der Waals surface area contributed by atoms with Gasteiger partial charge < -0.3 is 24.1 Å². The van der Waals surface area contributed by atoms with Crippen LogP contribution < -0.4 is 14.9 Å². The number of ether oxygens (including phenoxy) is 3. The largest absolute Gasteiger partial charge is 0.494 e. The Morgan fingerprint density at radius 1 is 0.975 bits per heavy atom. The highest BCUT2D eigenvalue weighted by atomic mass is 32.2. The van der Waals surface area contributed by atoms with E-state index in [9.17, 15) is 27.6 Å². The summed E-state index contributed by atoms with van der Waals surface area (Å²) in [5.74, 6) is -4.80. The summed E-state index contributed by atoms with van der Waals surface area (Å²) in [5, 5.41) is 2.31. The number of rotatable bonds is 11. The standard InChI is InChI=1S/C25H29N3O9S3/c1-6-35-15-9-10-16-17(11-15)38-25(28(16)5)27-19(30)13-40(33,34)12-18(29)26-22-20(23(31)36-7-2)14(4)21(39-22)24(32)37-8-3/h9-11H,6-8,12-13H2,1-5H3,(H,26,29). The van der Waals surface area contributed by atoms with Crippen LogP contribution >= 0.6 is 22.7 Å². The molecule has 0 bridgehead atoms. The van der Waals surface area contributed by atoms with Gasteiger partial charge in [-0.15, -0.1) is 11.3 Å². The van der Waals surface area contributed by atoms with E-state index < -0.39 is 45.1 Å². The predicted octanol–water partition coefficient (Wildman–Crippen LogP) is 2.84. The molecule has 0 saturated heterocycles. The number of esters is 2. The Morgan fingerprint density at radius 2 is 1.65 bits per heavy atom. The lowest BCUT2D eigenvalue weighted by atomic mass is 10.1. The Kier molecular flexibility index (Phi) is 10.2. The van der Waals surface area contributed by atoms with Gasteiger partial charge in [0.1, 0.15) is 27.1 Å². The molecule has 2 heterocycles. The van der Waals surface area contributed by atoms with Gasteiger partial charge in [0.15, 0.2) is 14.6 Å². The SMILES string of the molecule is CCOC(=O)c1sc(NC(=O)CS(=O)(=O)CC(=O)N=c2sc3cc(OCC)ccc3n2C)c(C(=O)OCC)c1C. The molecule has 1 aromatic carbocycles. The third-order valence-electron chi connectivity index (χ3n) is 5.35. The highest BCUT2D eigenvalue weighted by molar-refractivity contribution is 7.92. The van der Waals surface area contributed by atoms with E-state index in [0.29, 0.717) is 12.4 Å². The number of thiophene rings is 1. The van der Waals surface area contributed by atoms with E-state index in [0.717, 1.165) is 21.6 Å². The molecule has 0 atom stereocenters. The lowest BCUT2D eigenvalue weighted by molar-refractivity contribution is -0.115. The van der Waals surface area contributed by atoms with Crippen molar-refractivity contribution in [1.82, 2.24) is 4.57 Å². The van der Waals surface area contributed by atoms with Crippen LogP contribution in [0.2, 0.25) is 0 Å². The maximum atomic E-state index is 12.7. The van der Waals surface area contributed by atoms with Crippen molar-refractivity contribution in [2.24, 2.45) is 12.0 Å². The first-order chi connectivity index (χ1) is 18.9. The number of amides is 2. The summed E-state index contributed by atoms with van der Waals surface area (Å²) in [6.45, 7) is 7.20. The fraction of sp³-hybridized carbons (Fsp3) is 0.400. The minimum Gasteiger partial charge on any atom is -0.494 e. The monoisotopic (exact) mass is 611 g/mol. The summed E-state index contributed by atoms with van der Waals surface area (Å²) in [6.07, 6.45) is 0. The number of fused-ring (bicyclic) bond motifs is 1. The number of carbonyl (C=O) groups is 4. The molecule has 0 aliphatic carbocycles. The van der Waals surface area contributed by atoms with Gasteiger partial charge in [-0.3, -0.25) is 9.59 Å². The fourth-order valence-electron chi connectivity index (χ4n) is 3.66. The van der Waals surface area contributed by atoms with Crippen molar-refractivity contribution in [3.05, 3.63) is 39.0 Å². The topological polar surface area (TPSA) is 159 Å². The van der Waals surface area contributed by atoms with E-state index in [2.05, 4.69) is 10.3 Å². The number of sulfone groups is 1. The number of aryl methyl sites for hydroxylation is 1. The second-order valence-electron chi connectivity index (χ2n) is 8.29. The van der Waals surface area contributed by atoms with Gasteiger partial charge in [-0.2, -0.15) is 4.99 Å². The van der Waals surface area contributed by atoms with Gasteiger partial charge >= 0.3 is 11.9 Å². The summed E-state index contributed by atoms with van der Waals surface area (Å²) in [4.78, 5) is 54.3. The van der Waals surface area contributed by atoms with Gasteiger partial charge in [0.25, 0.3) is 5.91 Å². The highest BCUT2D eigenvalue weighted by Crippen LogP contribution is 2.34. The number of nitrogens with one attached hydrogen (secondary N) is 1. The van der Waals surface area contributed by atoms with Crippen LogP contribution in [0.4, 0.5) is 5.00 Å². The molecule has 2 amide bonds. The van der Waals surface area contributed by atoms with Gasteiger partial charge in [-0.25, -0.2) is 18.0 Å². The molecule has 0 unspecified atom stereocenters. The number of aromatic nitrogens is 1. The molecular formula is C25H29N3O9S3. The Balaban J connectivity index is 1.78. The predicted molar refractivity (Wildman–Crippen MR) is 151 cm³/mol. The molecule has 40 heavy (non-hydrogen) atoms. The summed E-state index contributed by atoms with van der Waals surface area (Å²) in [5.41, 5.74) is 0.947. The minimum atomic E-state index is -4.23. The number of hydrogen-bond donors (Lipinski definition) is 1. The van der Waals surface area contributed by atoms with E-state index in [1.807, 2.05) is 13.0 Å². The quantitative estimate of drug-likeness (QED) is 0.322. The zero-order valence-corrected chi connectivity index (χ0v) is 25.0. The molecular weight excluding hydrogens is 582 g/mol. The van der Waals surface area contributed by atoms with Gasteiger partial charge in [0.05, 0.1) is 35.6 Å². The second-order valence-corrected chi connectivity index (χ2v) is 12.4. The molecule has 12 nitrogen and oxygen atoms in total. The molecule has 2 aromatic heterocycles. The van der Waals surface area contributed by atoms with Crippen LogP contribution in [0.5, 0.6) is 5.75 Å². The molecule has 3 aromatic rings. The third-order valence-corrected chi connectivity index (χ3v) is 9.02. The van der Waals surface area contributed by atoms with Crippen molar-refractivity contribution >= 4 is 71.5 Å². The first-order valence-electron chi connectivity index (χ1n) is 12.2. The van der Waals surface area contributed by atoms with Crippen LogP contribution in [0, 0.1) is 6.92 Å². The maximum Gasteiger partial charge on any atom is 0.348 e. The number of thiazole rings is 1. The van der Waals surface area contributed by atoms with Gasteiger partial charge in [-0.1, -0.05) is 11.3 Å². The Labute approximate surface area is 238 Å². The molecule has 1 N–H and O–H groups in total. The van der Waals surface area contributed by atoms with Crippen molar-refractivity contribution in [3.8, 4) is 5.75 Å². The van der Waals surface area contributed by atoms with Crippen molar-refractivity contribution in [3.63, 3.8) is 0 Å². The molecule has 0 fully saturated rings. The number of carbonyl (C=O) groups excluding carboxylic acids is 4. The first-order valence-corrected chi connectivity index (χ1v) is 15.6. The molecule has 15 heteroatoms. The van der Waals surface area contributed by atoms with Crippen molar-refractivity contribution in [2.75, 3.05) is 36.6 Å². The molecule has 0 aliphatic rings. The molecule has 0 radical (unpaired) electrons. The number of nitrogens with zero attached hydrogens (tertiary/aromatic N) is 2. The van der Waals surface area contributed by atoms with Crippen molar-refractivity contribution < 1.29 is 41.8 Å². The van der Waals surface area contributed by atoms with E-state index in [1.165, 1.54) is 18.3 Å². The van der Waals surface area contributed by atoms with Crippen LogP contribution in [0.3, 0.4) is 0 Å². The van der Waals surface area contributed by atoms with Crippen molar-refractivity contribution in [1.29, 1.82) is 0 Å². The highest BCUT2D eigenvalue weighted by Gasteiger charge is 2.29. The minimum absolute atomic E-state index is 0.0431. The van der Waals surface area contributed by atoms with Crippen LogP contribution in [0.1, 0.15) is 46.4 Å². The average molecular weight is 612 g/mol. The van der Waals surface area contributed by atoms with Crippen LogP contribution in [0.15, 0.2) is 23.2 Å². The van der Waals surface area contributed by atoms with Gasteiger partial charge in [-0.05, 0) is 51.5 Å². The summed E-state index contributed by atoms with van der Waals surface area (Å²) in [6, 6.07) is 5.40. The number of hydrogen-bond acceptors (Lipinski definition) is 11. The molecule has 0 saturated carbocycles. The van der Waals surface area contributed by atoms with Crippen molar-refractivity contribution in [2.45, 2.75) is 27.7 Å². The normalized spacial score (nSPS) is 11.9. The van der Waals surface area contributed by atoms with Gasteiger partial charge in [0, 0.05) is 7.05 Å². The fourth-order valence-corrected chi connectivity index (χ4v) is 6.84. The van der Waals surface area contributed by atoms with Gasteiger partial charge in [0.2, 0.25) is 5.91 Å². The Bertz CT molecular complexity index is 1630. The average Bonchev–Trinajstić information content (AvgIpc) is 3.34. The second kappa shape index (κ2) is 13.2. The van der Waals surface area contributed by atoms with Crippen LogP contribution in [-0.4, -0.2) is 68.1 Å². The smallest absolute Gasteiger partial charge is 0.348 e. The lowest BCUT2D eigenvalue weighted by Crippen LogP contribution is -2.28. The van der Waals surface area contributed by atoms with Crippen LogP contribution in [-0.2, 0) is 35.9 Å². The maximum absolute atomic E-state index is 12.7. The van der Waals surface area contributed by atoms with E-state index >= 15 is 0 Å². The zero-order valence-electron chi connectivity index (χ0n) is 22.6. The number of anilines is 1. The van der Waals surface area contributed by atoms with E-state index in [1.54, 1.807) is 37.6 Å². The molecule has 0 aliphatic heterocycles. The molecule has 3 rings (SSSR count). The first kappa shape index (κ1) is 31.0. The summed E-state index contributed by atoms with van der Waals surface area (Å²) < 4.78 is 43.3. The Morgan fingerprint density at radius 3 is 2.30 bits per heavy atom. The Hall–Kier alpha value is -3.56. The summed E-state index contributed by atoms with van der Waals surface area (Å²) in [7, 11) is -2.54. The van der Waals surface area contributed by atoms with E-state index in [4.69, 9.17) is 14.2 Å². The zero-order chi connectivity index (χ0) is 29.6. The van der Waals surface area contributed by atoms with Crippen LogP contribution in [0.25, 0.3) is 10.2 Å². The molecule has 0 spiro atoms. The van der Waals surface area contributed by atoms with E-state index in [-0.39, 0.29) is 39.0 Å². The number of benzene rings is 1. The lowest BCUT2D eigenvalue weighted by Gasteiger charge is -2.07.